The highest BCUT2D eigenvalue weighted by Gasteiger charge is 2.33. The Hall–Kier alpha value is -1.33. The Bertz CT molecular complexity index is 568. The summed E-state index contributed by atoms with van der Waals surface area (Å²) < 4.78 is 16.4. The molecule has 23 heavy (non-hydrogen) atoms. The molecule has 1 unspecified atom stereocenters. The number of nitrogens with zero attached hydrogens (tertiary/aromatic N) is 1. The van der Waals surface area contributed by atoms with Crippen molar-refractivity contribution in [3.8, 4) is 11.5 Å². The van der Waals surface area contributed by atoms with Crippen LogP contribution >= 0.6 is 11.6 Å². The van der Waals surface area contributed by atoms with Gasteiger partial charge in [0.25, 0.3) is 0 Å². The van der Waals surface area contributed by atoms with E-state index >= 15 is 0 Å². The van der Waals surface area contributed by atoms with Crippen molar-refractivity contribution in [2.75, 3.05) is 26.9 Å². The lowest BCUT2D eigenvalue weighted by molar-refractivity contribution is 0.0888. The molecule has 0 bridgehead atoms. The summed E-state index contributed by atoms with van der Waals surface area (Å²) in [5, 5.41) is 0.187. The molecule has 1 atom stereocenters. The van der Waals surface area contributed by atoms with Gasteiger partial charge < -0.3 is 14.2 Å². The van der Waals surface area contributed by atoms with Crippen LogP contribution in [0, 0.1) is 11.3 Å². The van der Waals surface area contributed by atoms with E-state index in [1.54, 1.807) is 13.2 Å². The summed E-state index contributed by atoms with van der Waals surface area (Å²) >= 11 is 6.14. The summed E-state index contributed by atoms with van der Waals surface area (Å²) in [4.78, 5) is 16.7. The third-order valence-corrected chi connectivity index (χ3v) is 4.29. The maximum Gasteiger partial charge on any atom is 0.185 e. The van der Waals surface area contributed by atoms with Gasteiger partial charge in [0, 0.05) is 38.5 Å². The fourth-order valence-corrected chi connectivity index (χ4v) is 2.57. The van der Waals surface area contributed by atoms with E-state index in [0.29, 0.717) is 43.4 Å². The third-order valence-electron chi connectivity index (χ3n) is 4.02. The van der Waals surface area contributed by atoms with Gasteiger partial charge in [-0.25, -0.2) is 4.98 Å². The van der Waals surface area contributed by atoms with E-state index in [9.17, 15) is 4.79 Å². The molecular formula is C17H24ClNO4. The van der Waals surface area contributed by atoms with Crippen molar-refractivity contribution in [1.29, 1.82) is 0 Å². The zero-order valence-corrected chi connectivity index (χ0v) is 14.9. The Kier molecular flexibility index (Phi) is 5.87. The number of carbonyl (C=O) groups is 1. The number of ketones is 1. The number of carbonyl (C=O) groups excluding carboxylic acids is 1. The molecule has 0 amide bonds. The average molecular weight is 342 g/mol. The van der Waals surface area contributed by atoms with Gasteiger partial charge in [-0.15, -0.1) is 0 Å². The van der Waals surface area contributed by atoms with Crippen molar-refractivity contribution in [3.63, 3.8) is 0 Å². The van der Waals surface area contributed by atoms with Crippen LogP contribution in [0.15, 0.2) is 6.07 Å². The topological polar surface area (TPSA) is 57.7 Å². The predicted molar refractivity (Wildman–Crippen MR) is 88.6 cm³/mol. The number of fused-ring (bicyclic) bond motifs is 1. The molecule has 128 valence electrons. The van der Waals surface area contributed by atoms with Crippen molar-refractivity contribution < 1.29 is 19.0 Å². The number of ether oxygens (including phenoxy) is 3. The van der Waals surface area contributed by atoms with Gasteiger partial charge in [-0.3, -0.25) is 4.79 Å². The first-order valence-corrected chi connectivity index (χ1v) is 8.19. The highest BCUT2D eigenvalue weighted by molar-refractivity contribution is 6.31. The molecule has 1 aromatic rings. The molecule has 0 aliphatic carbocycles. The largest absolute Gasteiger partial charge is 0.491 e. The molecule has 0 aromatic carbocycles. The minimum Gasteiger partial charge on any atom is -0.491 e. The van der Waals surface area contributed by atoms with Crippen molar-refractivity contribution in [2.24, 2.45) is 11.3 Å². The molecule has 1 aliphatic rings. The quantitative estimate of drug-likeness (QED) is 0.602. The first-order chi connectivity index (χ1) is 10.8. The molecule has 0 saturated carbocycles. The molecule has 0 fully saturated rings. The highest BCUT2D eigenvalue weighted by Crippen LogP contribution is 2.37. The van der Waals surface area contributed by atoms with Gasteiger partial charge in [0.1, 0.15) is 5.69 Å². The van der Waals surface area contributed by atoms with Crippen LogP contribution in [0.5, 0.6) is 11.5 Å². The van der Waals surface area contributed by atoms with Crippen LogP contribution in [0.1, 0.15) is 44.1 Å². The lowest BCUT2D eigenvalue weighted by Crippen LogP contribution is -2.27. The summed E-state index contributed by atoms with van der Waals surface area (Å²) in [5.74, 6) is 0.982. The van der Waals surface area contributed by atoms with Gasteiger partial charge in [-0.1, -0.05) is 32.4 Å². The van der Waals surface area contributed by atoms with Crippen LogP contribution in [0.25, 0.3) is 0 Å². The van der Waals surface area contributed by atoms with E-state index in [1.165, 1.54) is 0 Å². The zero-order valence-electron chi connectivity index (χ0n) is 14.1. The summed E-state index contributed by atoms with van der Waals surface area (Å²) in [6, 6.07) is 1.67. The maximum absolute atomic E-state index is 12.5. The van der Waals surface area contributed by atoms with E-state index in [-0.39, 0.29) is 22.3 Å². The van der Waals surface area contributed by atoms with Crippen LogP contribution < -0.4 is 9.47 Å². The Morgan fingerprint density at radius 2 is 2.13 bits per heavy atom. The van der Waals surface area contributed by atoms with Gasteiger partial charge in [0.2, 0.25) is 0 Å². The van der Waals surface area contributed by atoms with E-state index in [1.807, 2.05) is 0 Å². The first-order valence-electron chi connectivity index (χ1n) is 7.81. The Morgan fingerprint density at radius 3 is 2.78 bits per heavy atom. The monoisotopic (exact) mass is 341 g/mol. The number of pyridine rings is 1. The number of halogens is 1. The molecule has 2 heterocycles. The molecule has 1 aromatic heterocycles. The minimum absolute atomic E-state index is 0.0129. The molecule has 5 nitrogen and oxygen atoms in total. The smallest absolute Gasteiger partial charge is 0.185 e. The van der Waals surface area contributed by atoms with E-state index < -0.39 is 0 Å². The fraction of sp³-hybridized carbons (Fsp3) is 0.647. The van der Waals surface area contributed by atoms with Crippen molar-refractivity contribution in [1.82, 2.24) is 4.98 Å². The number of hydrogen-bond donors (Lipinski definition) is 0. The summed E-state index contributed by atoms with van der Waals surface area (Å²) in [7, 11) is 1.64. The average Bonchev–Trinajstić information content (AvgIpc) is 2.63. The third kappa shape index (κ3) is 4.58. The van der Waals surface area contributed by atoms with Crippen LogP contribution in [0.4, 0.5) is 0 Å². The van der Waals surface area contributed by atoms with Crippen molar-refractivity contribution >= 4 is 17.4 Å². The molecule has 0 saturated heterocycles. The SMILES string of the molecule is COCCCOc1cc2c(nc1Cl)C(=O)CC(C(C)(C)C)CO2. The van der Waals surface area contributed by atoms with Gasteiger partial charge in [0.05, 0.1) is 13.2 Å². The molecular weight excluding hydrogens is 318 g/mol. The van der Waals surface area contributed by atoms with Gasteiger partial charge in [0.15, 0.2) is 22.4 Å². The van der Waals surface area contributed by atoms with Gasteiger partial charge in [-0.2, -0.15) is 0 Å². The normalized spacial score (nSPS) is 18.1. The number of hydrogen-bond acceptors (Lipinski definition) is 5. The number of rotatable bonds is 5. The Morgan fingerprint density at radius 1 is 1.39 bits per heavy atom. The van der Waals surface area contributed by atoms with Crippen LogP contribution in [0.2, 0.25) is 5.15 Å². The predicted octanol–water partition coefficient (Wildman–Crippen LogP) is 3.78. The number of aromatic nitrogens is 1. The van der Waals surface area contributed by atoms with Gasteiger partial charge >= 0.3 is 0 Å². The van der Waals surface area contributed by atoms with E-state index in [0.717, 1.165) is 6.42 Å². The standard InChI is InChI=1S/C17H24ClNO4/c1-17(2,3)11-8-12(20)15-13(23-10-11)9-14(16(18)19-15)22-7-5-6-21-4/h9,11H,5-8,10H2,1-4H3. The van der Waals surface area contributed by atoms with E-state index in [2.05, 4.69) is 25.8 Å². The second-order valence-electron chi connectivity index (χ2n) is 6.82. The Labute approximate surface area is 142 Å². The summed E-state index contributed by atoms with van der Waals surface area (Å²) in [6.45, 7) is 7.87. The summed E-state index contributed by atoms with van der Waals surface area (Å²) in [6.07, 6.45) is 1.16. The molecule has 0 spiro atoms. The highest BCUT2D eigenvalue weighted by atomic mass is 35.5. The van der Waals surface area contributed by atoms with Crippen molar-refractivity contribution in [2.45, 2.75) is 33.6 Å². The molecule has 0 radical (unpaired) electrons. The van der Waals surface area contributed by atoms with Crippen LogP contribution in [-0.2, 0) is 4.74 Å². The van der Waals surface area contributed by atoms with Gasteiger partial charge in [-0.05, 0) is 5.41 Å². The van der Waals surface area contributed by atoms with E-state index in [4.69, 9.17) is 25.8 Å². The summed E-state index contributed by atoms with van der Waals surface area (Å²) in [5.41, 5.74) is 0.284. The van der Waals surface area contributed by atoms with Crippen LogP contribution in [-0.4, -0.2) is 37.7 Å². The zero-order chi connectivity index (χ0) is 17.0. The molecule has 1 aliphatic heterocycles. The lowest BCUT2D eigenvalue weighted by Gasteiger charge is -2.28. The molecule has 0 N–H and O–H groups in total. The number of Topliss-reactive ketones (excluding diaryl/α,β-unsaturated/α-hetero) is 1. The number of methoxy groups -OCH3 is 1. The maximum atomic E-state index is 12.5. The molecule has 2 rings (SSSR count). The second kappa shape index (κ2) is 7.49. The fourth-order valence-electron chi connectivity index (χ4n) is 2.38. The second-order valence-corrected chi connectivity index (χ2v) is 7.18. The molecule has 6 heteroatoms. The lowest BCUT2D eigenvalue weighted by atomic mass is 9.78. The van der Waals surface area contributed by atoms with Crippen LogP contribution in [0.3, 0.4) is 0 Å². The Balaban J connectivity index is 2.17. The minimum atomic E-state index is -0.0368. The van der Waals surface area contributed by atoms with Crippen molar-refractivity contribution in [3.05, 3.63) is 16.9 Å². The first kappa shape index (κ1) is 18.0.